The van der Waals surface area contributed by atoms with Gasteiger partial charge in [-0.15, -0.1) is 0 Å². The van der Waals surface area contributed by atoms with E-state index >= 15 is 0 Å². The van der Waals surface area contributed by atoms with Gasteiger partial charge in [-0.2, -0.15) is 0 Å². The number of piperidine rings is 1. The number of rotatable bonds is 4. The van der Waals surface area contributed by atoms with Crippen LogP contribution in [0.5, 0.6) is 0 Å². The molecule has 1 saturated heterocycles. The summed E-state index contributed by atoms with van der Waals surface area (Å²) < 4.78 is 25.7. The lowest BCUT2D eigenvalue weighted by molar-refractivity contribution is -0.152. The SMILES string of the molecule is CC(C)(C)[C@H](NS(C)(=O)=O)C(=O)N1CC2(C)[C@@H]([C@H]1C(=O)O)C2(C)C. The van der Waals surface area contributed by atoms with Gasteiger partial charge in [-0.1, -0.05) is 41.5 Å². The molecule has 0 aromatic heterocycles. The molecule has 1 aliphatic heterocycles. The molecule has 0 spiro atoms. The van der Waals surface area contributed by atoms with Crippen molar-refractivity contribution >= 4 is 21.9 Å². The van der Waals surface area contributed by atoms with Crippen molar-refractivity contribution < 1.29 is 23.1 Å². The Hall–Kier alpha value is -1.15. The molecule has 0 aromatic rings. The highest BCUT2D eigenvalue weighted by Crippen LogP contribution is 2.74. The van der Waals surface area contributed by atoms with Gasteiger partial charge in [0.25, 0.3) is 0 Å². The highest BCUT2D eigenvalue weighted by Gasteiger charge is 2.77. The molecule has 2 rings (SSSR count). The summed E-state index contributed by atoms with van der Waals surface area (Å²) >= 11 is 0. The smallest absolute Gasteiger partial charge is 0.326 e. The van der Waals surface area contributed by atoms with Crippen LogP contribution in [0.1, 0.15) is 41.5 Å². The van der Waals surface area contributed by atoms with E-state index in [4.69, 9.17) is 0 Å². The fourth-order valence-electron chi connectivity index (χ4n) is 4.26. The van der Waals surface area contributed by atoms with Gasteiger partial charge in [0.05, 0.1) is 6.26 Å². The molecule has 2 N–H and O–H groups in total. The molecule has 24 heavy (non-hydrogen) atoms. The molecule has 138 valence electrons. The van der Waals surface area contributed by atoms with Crippen molar-refractivity contribution in [1.82, 2.24) is 9.62 Å². The molecule has 8 heteroatoms. The number of carboxylic acids is 1. The number of sulfonamides is 1. The van der Waals surface area contributed by atoms with Crippen LogP contribution in [-0.4, -0.2) is 55.2 Å². The van der Waals surface area contributed by atoms with E-state index in [1.807, 2.05) is 20.8 Å². The summed E-state index contributed by atoms with van der Waals surface area (Å²) in [5.41, 5.74) is -1.07. The van der Waals surface area contributed by atoms with Crippen LogP contribution < -0.4 is 4.72 Å². The molecule has 1 aliphatic carbocycles. The topological polar surface area (TPSA) is 104 Å². The zero-order valence-electron chi connectivity index (χ0n) is 15.4. The van der Waals surface area contributed by atoms with Crippen molar-refractivity contribution in [3.8, 4) is 0 Å². The lowest BCUT2D eigenvalue weighted by Gasteiger charge is -2.37. The third kappa shape index (κ3) is 2.83. The molecule has 1 saturated carbocycles. The Labute approximate surface area is 143 Å². The zero-order chi connectivity index (χ0) is 18.9. The summed E-state index contributed by atoms with van der Waals surface area (Å²) in [4.78, 5) is 26.2. The number of carbonyl (C=O) groups is 2. The van der Waals surface area contributed by atoms with E-state index in [2.05, 4.69) is 4.72 Å². The summed E-state index contributed by atoms with van der Waals surface area (Å²) in [6.07, 6.45) is 1.000. The minimum atomic E-state index is -3.60. The van der Waals surface area contributed by atoms with E-state index in [0.29, 0.717) is 6.54 Å². The normalized spacial score (nSPS) is 33.0. The van der Waals surface area contributed by atoms with Crippen LogP contribution in [0.3, 0.4) is 0 Å². The van der Waals surface area contributed by atoms with E-state index in [0.717, 1.165) is 6.26 Å². The third-order valence-corrected chi connectivity index (χ3v) is 6.65. The molecule has 1 amide bonds. The van der Waals surface area contributed by atoms with Crippen LogP contribution in [0.2, 0.25) is 0 Å². The second kappa shape index (κ2) is 5.17. The van der Waals surface area contributed by atoms with Gasteiger partial charge in [0.15, 0.2) is 0 Å². The van der Waals surface area contributed by atoms with Crippen LogP contribution in [0.15, 0.2) is 0 Å². The number of aliphatic carboxylic acids is 1. The van der Waals surface area contributed by atoms with Crippen molar-refractivity contribution in [2.75, 3.05) is 12.8 Å². The number of fused-ring (bicyclic) bond motifs is 1. The van der Waals surface area contributed by atoms with E-state index in [1.54, 1.807) is 20.8 Å². The fraction of sp³-hybridized carbons (Fsp3) is 0.875. The minimum absolute atomic E-state index is 0.120. The quantitative estimate of drug-likeness (QED) is 0.775. The van der Waals surface area contributed by atoms with Gasteiger partial charge >= 0.3 is 5.97 Å². The Balaban J connectivity index is 2.36. The Bertz CT molecular complexity index is 679. The van der Waals surface area contributed by atoms with Crippen LogP contribution in [0.25, 0.3) is 0 Å². The number of nitrogens with zero attached hydrogens (tertiary/aromatic N) is 1. The summed E-state index contributed by atoms with van der Waals surface area (Å²) in [5.74, 6) is -1.62. The Morgan fingerprint density at radius 3 is 2.12 bits per heavy atom. The molecule has 4 atom stereocenters. The number of likely N-dealkylation sites (tertiary alicyclic amines) is 1. The van der Waals surface area contributed by atoms with Crippen LogP contribution in [0, 0.1) is 22.2 Å². The van der Waals surface area contributed by atoms with Crippen molar-refractivity contribution in [3.05, 3.63) is 0 Å². The standard InChI is InChI=1S/C16H28N2O5S/c1-14(2,3)11(17-24(7,22)23)12(19)18-8-16(6)10(15(16,4)5)9(18)13(20)21/h9-11,17H,8H2,1-7H3,(H,20,21)/t9-,10-,11+,16?/m0/s1. The second-order valence-corrected chi connectivity index (χ2v) is 10.8. The average molecular weight is 360 g/mol. The highest BCUT2D eigenvalue weighted by molar-refractivity contribution is 7.88. The van der Waals surface area contributed by atoms with Gasteiger partial charge in [-0.3, -0.25) is 4.79 Å². The maximum atomic E-state index is 13.0. The first-order valence-electron chi connectivity index (χ1n) is 8.04. The maximum absolute atomic E-state index is 13.0. The van der Waals surface area contributed by atoms with Crippen molar-refractivity contribution in [2.45, 2.75) is 53.6 Å². The Morgan fingerprint density at radius 1 is 1.25 bits per heavy atom. The number of hydrogen-bond donors (Lipinski definition) is 2. The number of carbonyl (C=O) groups excluding carboxylic acids is 1. The monoisotopic (exact) mass is 360 g/mol. The van der Waals surface area contributed by atoms with E-state index in [9.17, 15) is 23.1 Å². The number of amides is 1. The molecule has 7 nitrogen and oxygen atoms in total. The summed E-state index contributed by atoms with van der Waals surface area (Å²) in [6, 6.07) is -1.91. The summed E-state index contributed by atoms with van der Waals surface area (Å²) in [7, 11) is -3.60. The molecule has 2 fully saturated rings. The average Bonchev–Trinajstić information content (AvgIpc) is 2.67. The predicted octanol–water partition coefficient (Wildman–Crippen LogP) is 0.908. The number of carboxylic acid groups (broad SMARTS) is 1. The highest BCUT2D eigenvalue weighted by atomic mass is 32.2. The van der Waals surface area contributed by atoms with Crippen molar-refractivity contribution in [3.63, 3.8) is 0 Å². The zero-order valence-corrected chi connectivity index (χ0v) is 16.2. The first-order chi connectivity index (χ1) is 10.5. The molecular weight excluding hydrogens is 332 g/mol. The third-order valence-electron chi connectivity index (χ3n) is 5.98. The fourth-order valence-corrected chi connectivity index (χ4v) is 5.15. The summed E-state index contributed by atoms with van der Waals surface area (Å²) in [6.45, 7) is 11.6. The van der Waals surface area contributed by atoms with Crippen molar-refractivity contribution in [2.24, 2.45) is 22.2 Å². The van der Waals surface area contributed by atoms with E-state index in [1.165, 1.54) is 4.90 Å². The lowest BCUT2D eigenvalue weighted by Crippen LogP contribution is -2.58. The Morgan fingerprint density at radius 2 is 1.75 bits per heavy atom. The van der Waals surface area contributed by atoms with Crippen LogP contribution >= 0.6 is 0 Å². The molecular formula is C16H28N2O5S. The first-order valence-corrected chi connectivity index (χ1v) is 9.94. The predicted molar refractivity (Wildman–Crippen MR) is 89.7 cm³/mol. The van der Waals surface area contributed by atoms with Crippen molar-refractivity contribution in [1.29, 1.82) is 0 Å². The molecule has 1 heterocycles. The van der Waals surface area contributed by atoms with Gasteiger partial charge in [0.2, 0.25) is 15.9 Å². The largest absolute Gasteiger partial charge is 0.480 e. The molecule has 0 bridgehead atoms. The molecule has 0 radical (unpaired) electrons. The van der Waals surface area contributed by atoms with Gasteiger partial charge in [0.1, 0.15) is 12.1 Å². The second-order valence-electron chi connectivity index (χ2n) is 9.06. The maximum Gasteiger partial charge on any atom is 0.326 e. The van der Waals surface area contributed by atoms with Crippen LogP contribution in [0.4, 0.5) is 0 Å². The van der Waals surface area contributed by atoms with Gasteiger partial charge in [-0.25, -0.2) is 17.9 Å². The van der Waals surface area contributed by atoms with E-state index in [-0.39, 0.29) is 16.7 Å². The lowest BCUT2D eigenvalue weighted by atomic mass is 9.86. The van der Waals surface area contributed by atoms with E-state index < -0.39 is 39.4 Å². The molecule has 1 unspecified atom stereocenters. The first kappa shape index (κ1) is 19.2. The van der Waals surface area contributed by atoms with Gasteiger partial charge in [-0.05, 0) is 16.2 Å². The van der Waals surface area contributed by atoms with Gasteiger partial charge < -0.3 is 10.0 Å². The minimum Gasteiger partial charge on any atom is -0.480 e. The molecule has 2 aliphatic rings. The Kier molecular flexibility index (Phi) is 4.13. The van der Waals surface area contributed by atoms with Crippen LogP contribution in [-0.2, 0) is 19.6 Å². The number of hydrogen-bond acceptors (Lipinski definition) is 4. The molecule has 0 aromatic carbocycles. The van der Waals surface area contributed by atoms with Gasteiger partial charge in [0, 0.05) is 12.5 Å². The number of nitrogens with one attached hydrogen (secondary N) is 1. The summed E-state index contributed by atoms with van der Waals surface area (Å²) in [5, 5.41) is 9.66.